The maximum atomic E-state index is 11.7. The summed E-state index contributed by atoms with van der Waals surface area (Å²) in [6, 6.07) is 8.34. The van der Waals surface area contributed by atoms with Crippen LogP contribution < -0.4 is 4.74 Å². The number of phenols is 2. The minimum absolute atomic E-state index is 0.0740. The number of hydrogen-bond donors (Lipinski definition) is 2. The second kappa shape index (κ2) is 8.29. The van der Waals surface area contributed by atoms with Crippen LogP contribution in [0.25, 0.3) is 0 Å². The van der Waals surface area contributed by atoms with Gasteiger partial charge in [0.1, 0.15) is 17.2 Å². The molecule has 120 valence electrons. The highest BCUT2D eigenvalue weighted by Gasteiger charge is 2.31. The molecule has 0 radical (unpaired) electrons. The van der Waals surface area contributed by atoms with Crippen LogP contribution in [0.2, 0.25) is 5.02 Å². The third-order valence-corrected chi connectivity index (χ3v) is 4.72. The highest BCUT2D eigenvalue weighted by molar-refractivity contribution is 14.1. The lowest BCUT2D eigenvalue weighted by atomic mass is 10.3. The Labute approximate surface area is 156 Å². The standard InChI is InChI=1S/C7H4F3IO2.C6H4ClIO/c8-7(9,10)13-4-1-2-6(12)5(11)3-4;7-4-2-1-3-5(9)6(4)8/h1-3,12H;1-3,9H. The van der Waals surface area contributed by atoms with Gasteiger partial charge in [-0.2, -0.15) is 0 Å². The van der Waals surface area contributed by atoms with Gasteiger partial charge in [0.05, 0.1) is 12.2 Å². The molecule has 0 atom stereocenters. The van der Waals surface area contributed by atoms with Crippen molar-refractivity contribution in [1.29, 1.82) is 0 Å². The third-order valence-electron chi connectivity index (χ3n) is 2.08. The molecule has 2 aromatic rings. The van der Waals surface area contributed by atoms with Gasteiger partial charge in [-0.15, -0.1) is 13.2 Å². The van der Waals surface area contributed by atoms with Crippen LogP contribution in [0.1, 0.15) is 0 Å². The van der Waals surface area contributed by atoms with Crippen LogP contribution in [0.15, 0.2) is 36.4 Å². The molecular formula is C13H8ClF3I2O3. The first-order chi connectivity index (χ1) is 10.1. The van der Waals surface area contributed by atoms with Crippen LogP contribution in [-0.4, -0.2) is 16.6 Å². The van der Waals surface area contributed by atoms with Gasteiger partial charge >= 0.3 is 6.36 Å². The first-order valence-corrected chi connectivity index (χ1v) is 8.01. The minimum atomic E-state index is -4.69. The lowest BCUT2D eigenvalue weighted by molar-refractivity contribution is -0.274. The van der Waals surface area contributed by atoms with Gasteiger partial charge in [-0.05, 0) is 75.5 Å². The lowest BCUT2D eigenvalue weighted by Crippen LogP contribution is -2.17. The Kier molecular flexibility index (Phi) is 7.32. The van der Waals surface area contributed by atoms with Crippen molar-refractivity contribution in [3.05, 3.63) is 48.6 Å². The molecule has 0 aromatic heterocycles. The molecule has 3 nitrogen and oxygen atoms in total. The fraction of sp³-hybridized carbons (Fsp3) is 0.0769. The number of phenolic OH excluding ortho intramolecular Hbond substituents is 2. The molecule has 0 spiro atoms. The van der Waals surface area contributed by atoms with Crippen LogP contribution in [0, 0.1) is 7.14 Å². The van der Waals surface area contributed by atoms with E-state index in [0.29, 0.717) is 12.2 Å². The number of ether oxygens (including phenoxy) is 1. The van der Waals surface area contributed by atoms with Crippen LogP contribution in [0.5, 0.6) is 17.2 Å². The Balaban J connectivity index is 0.000000235. The Morgan fingerprint density at radius 1 is 1.00 bits per heavy atom. The van der Waals surface area contributed by atoms with Gasteiger partial charge in [-0.1, -0.05) is 17.7 Å². The van der Waals surface area contributed by atoms with E-state index in [1.165, 1.54) is 0 Å². The lowest BCUT2D eigenvalue weighted by Gasteiger charge is -2.08. The number of aromatic hydroxyl groups is 2. The Hall–Kier alpha value is -0.620. The fourth-order valence-electron chi connectivity index (χ4n) is 1.18. The molecule has 9 heteroatoms. The van der Waals surface area contributed by atoms with Gasteiger partial charge in [0.15, 0.2) is 0 Å². The van der Waals surface area contributed by atoms with Crippen molar-refractivity contribution in [3.8, 4) is 17.2 Å². The van der Waals surface area contributed by atoms with Crippen LogP contribution in [0.4, 0.5) is 13.2 Å². The first-order valence-electron chi connectivity index (χ1n) is 5.47. The zero-order chi connectivity index (χ0) is 16.9. The van der Waals surface area contributed by atoms with E-state index in [9.17, 15) is 13.2 Å². The largest absolute Gasteiger partial charge is 0.573 e. The zero-order valence-electron chi connectivity index (χ0n) is 10.5. The summed E-state index contributed by atoms with van der Waals surface area (Å²) in [4.78, 5) is 0. The Morgan fingerprint density at radius 2 is 1.64 bits per heavy atom. The quantitative estimate of drug-likeness (QED) is 0.452. The monoisotopic (exact) mass is 558 g/mol. The summed E-state index contributed by atoms with van der Waals surface area (Å²) in [6.45, 7) is 0. The number of halogens is 6. The van der Waals surface area contributed by atoms with Crippen molar-refractivity contribution in [2.24, 2.45) is 0 Å². The Bertz CT molecular complexity index is 631. The summed E-state index contributed by atoms with van der Waals surface area (Å²) in [5, 5.41) is 18.6. The van der Waals surface area contributed by atoms with Crippen molar-refractivity contribution in [2.75, 3.05) is 0 Å². The van der Waals surface area contributed by atoms with Gasteiger partial charge in [0.2, 0.25) is 0 Å². The molecule has 0 fully saturated rings. The van der Waals surface area contributed by atoms with Crippen molar-refractivity contribution in [1.82, 2.24) is 0 Å². The number of hydrogen-bond acceptors (Lipinski definition) is 3. The molecule has 0 amide bonds. The molecule has 2 rings (SSSR count). The predicted octanol–water partition coefficient (Wildman–Crippen LogP) is 5.55. The van der Waals surface area contributed by atoms with E-state index >= 15 is 0 Å². The molecule has 22 heavy (non-hydrogen) atoms. The summed E-state index contributed by atoms with van der Waals surface area (Å²) < 4.78 is 39.7. The van der Waals surface area contributed by atoms with Gasteiger partial charge < -0.3 is 14.9 Å². The maximum Gasteiger partial charge on any atom is 0.573 e. The molecule has 0 aliphatic carbocycles. The topological polar surface area (TPSA) is 49.7 Å². The Morgan fingerprint density at radius 3 is 2.09 bits per heavy atom. The van der Waals surface area contributed by atoms with E-state index < -0.39 is 6.36 Å². The summed E-state index contributed by atoms with van der Waals surface area (Å²) in [7, 11) is 0. The number of benzene rings is 2. The van der Waals surface area contributed by atoms with E-state index in [2.05, 4.69) is 4.74 Å². The van der Waals surface area contributed by atoms with E-state index in [-0.39, 0.29) is 17.2 Å². The second-order valence-corrected chi connectivity index (χ2v) is 6.38. The molecule has 0 heterocycles. The molecule has 0 unspecified atom stereocenters. The van der Waals surface area contributed by atoms with Crippen LogP contribution in [-0.2, 0) is 0 Å². The van der Waals surface area contributed by atoms with Gasteiger partial charge in [-0.25, -0.2) is 0 Å². The molecular weight excluding hydrogens is 550 g/mol. The average molecular weight is 558 g/mol. The van der Waals surface area contributed by atoms with E-state index in [4.69, 9.17) is 21.8 Å². The molecule has 2 aromatic carbocycles. The first kappa shape index (κ1) is 19.4. The third kappa shape index (κ3) is 6.65. The molecule has 2 N–H and O–H groups in total. The van der Waals surface area contributed by atoms with E-state index in [1.807, 2.05) is 22.6 Å². The second-order valence-electron chi connectivity index (χ2n) is 3.73. The zero-order valence-corrected chi connectivity index (χ0v) is 15.6. The molecule has 0 saturated heterocycles. The molecule has 0 aliphatic rings. The smallest absolute Gasteiger partial charge is 0.507 e. The predicted molar refractivity (Wildman–Crippen MR) is 93.3 cm³/mol. The highest BCUT2D eigenvalue weighted by Crippen LogP contribution is 2.28. The summed E-state index contributed by atoms with van der Waals surface area (Å²) in [6.07, 6.45) is -4.69. The van der Waals surface area contributed by atoms with Crippen LogP contribution >= 0.6 is 56.8 Å². The maximum absolute atomic E-state index is 11.7. The normalized spacial score (nSPS) is 10.6. The highest BCUT2D eigenvalue weighted by atomic mass is 127. The van der Waals surface area contributed by atoms with E-state index in [1.54, 1.807) is 40.8 Å². The summed E-state index contributed by atoms with van der Waals surface area (Å²) in [5.74, 6) is -0.173. The van der Waals surface area contributed by atoms with Crippen molar-refractivity contribution in [2.45, 2.75) is 6.36 Å². The molecule has 0 aliphatic heterocycles. The van der Waals surface area contributed by atoms with Crippen molar-refractivity contribution in [3.63, 3.8) is 0 Å². The SMILES string of the molecule is Oc1ccc(OC(F)(F)F)cc1I.Oc1cccc(Cl)c1I. The average Bonchev–Trinajstić information content (AvgIpc) is 2.39. The number of alkyl halides is 3. The number of rotatable bonds is 1. The fourth-order valence-corrected chi connectivity index (χ4v) is 2.19. The minimum Gasteiger partial charge on any atom is -0.507 e. The van der Waals surface area contributed by atoms with Gasteiger partial charge in [-0.3, -0.25) is 0 Å². The molecule has 0 bridgehead atoms. The van der Waals surface area contributed by atoms with E-state index in [0.717, 1.165) is 18.2 Å². The van der Waals surface area contributed by atoms with Gasteiger partial charge in [0.25, 0.3) is 0 Å². The summed E-state index contributed by atoms with van der Waals surface area (Å²) >= 11 is 9.34. The van der Waals surface area contributed by atoms with Crippen molar-refractivity contribution < 1.29 is 28.1 Å². The van der Waals surface area contributed by atoms with Crippen LogP contribution in [0.3, 0.4) is 0 Å². The van der Waals surface area contributed by atoms with Gasteiger partial charge in [0, 0.05) is 0 Å². The summed E-state index contributed by atoms with van der Waals surface area (Å²) in [5.41, 5.74) is 0. The van der Waals surface area contributed by atoms with Crippen molar-refractivity contribution >= 4 is 56.8 Å². The molecule has 0 saturated carbocycles.